The lowest BCUT2D eigenvalue weighted by molar-refractivity contribution is -0.183. The van der Waals surface area contributed by atoms with Crippen LogP contribution in [0, 0.1) is 12.5 Å². The highest BCUT2D eigenvalue weighted by atomic mass is 19.4. The van der Waals surface area contributed by atoms with Gasteiger partial charge in [0.15, 0.2) is 0 Å². The number of hydrogen-bond donors (Lipinski definition) is 0. The lowest BCUT2D eigenvalue weighted by Crippen LogP contribution is -2.37. The summed E-state index contributed by atoms with van der Waals surface area (Å²) >= 11 is 0. The van der Waals surface area contributed by atoms with Gasteiger partial charge in [-0.3, -0.25) is 0 Å². The molecule has 0 saturated carbocycles. The number of hydrogen-bond acceptors (Lipinski definition) is 1. The maximum Gasteiger partial charge on any atom is 0.393 e. The van der Waals surface area contributed by atoms with Gasteiger partial charge in [-0.15, -0.1) is 0 Å². The van der Waals surface area contributed by atoms with Crippen LogP contribution in [0.1, 0.15) is 12.8 Å². The van der Waals surface area contributed by atoms with E-state index in [1.807, 2.05) is 6.54 Å². The van der Waals surface area contributed by atoms with Gasteiger partial charge in [-0.1, -0.05) is 0 Å². The Morgan fingerprint density at radius 3 is 2.45 bits per heavy atom. The van der Waals surface area contributed by atoms with Crippen LogP contribution < -0.4 is 0 Å². The van der Waals surface area contributed by atoms with Crippen LogP contribution in [0.5, 0.6) is 0 Å². The monoisotopic (exact) mass is 166 g/mol. The first-order chi connectivity index (χ1) is 5.00. The first-order valence-electron chi connectivity index (χ1n) is 3.60. The summed E-state index contributed by atoms with van der Waals surface area (Å²) in [6.07, 6.45) is -3.23. The molecule has 1 aliphatic heterocycles. The normalized spacial score (nSPS) is 28.9. The van der Waals surface area contributed by atoms with Gasteiger partial charge in [0.05, 0.1) is 5.92 Å². The van der Waals surface area contributed by atoms with Crippen LogP contribution in [0.4, 0.5) is 13.2 Å². The summed E-state index contributed by atoms with van der Waals surface area (Å²) in [5.41, 5.74) is 0. The van der Waals surface area contributed by atoms with Gasteiger partial charge in [0.1, 0.15) is 0 Å². The van der Waals surface area contributed by atoms with E-state index in [0.29, 0.717) is 6.42 Å². The summed E-state index contributed by atoms with van der Waals surface area (Å²) < 4.78 is 36.2. The fourth-order valence-corrected chi connectivity index (χ4v) is 1.28. The standard InChI is InChI=1S/C7H11F3N/c1-11-4-2-3-6(5-11)7(8,9)10/h4,6H,2-3,5H2,1H3. The van der Waals surface area contributed by atoms with Gasteiger partial charge < -0.3 is 4.90 Å². The van der Waals surface area contributed by atoms with Crippen LogP contribution in [0.3, 0.4) is 0 Å². The first kappa shape index (κ1) is 8.84. The van der Waals surface area contributed by atoms with Crippen LogP contribution in [-0.4, -0.2) is 24.7 Å². The number of halogens is 3. The van der Waals surface area contributed by atoms with Crippen LogP contribution >= 0.6 is 0 Å². The molecule has 1 heterocycles. The molecular weight excluding hydrogens is 155 g/mol. The smallest absolute Gasteiger partial charge is 0.301 e. The predicted molar refractivity (Wildman–Crippen MR) is 35.7 cm³/mol. The summed E-state index contributed by atoms with van der Waals surface area (Å²) in [5, 5.41) is 0. The highest BCUT2D eigenvalue weighted by Gasteiger charge is 2.40. The van der Waals surface area contributed by atoms with Gasteiger partial charge in [0.2, 0.25) is 0 Å². The van der Waals surface area contributed by atoms with Gasteiger partial charge in [0.25, 0.3) is 0 Å². The highest BCUT2D eigenvalue weighted by molar-refractivity contribution is 4.81. The molecule has 0 aromatic carbocycles. The van der Waals surface area contributed by atoms with E-state index in [4.69, 9.17) is 0 Å². The van der Waals surface area contributed by atoms with E-state index < -0.39 is 12.1 Å². The molecule has 0 aromatic heterocycles. The van der Waals surface area contributed by atoms with Crippen molar-refractivity contribution in [1.29, 1.82) is 0 Å². The molecule has 1 aliphatic rings. The number of alkyl halides is 3. The largest absolute Gasteiger partial charge is 0.393 e. The van der Waals surface area contributed by atoms with Crippen LogP contribution in [0.15, 0.2) is 0 Å². The SMILES string of the molecule is CN1[CH]CCC(C(F)(F)F)C1. The predicted octanol–water partition coefficient (Wildman–Crippen LogP) is 2.05. The minimum absolute atomic E-state index is 0.115. The van der Waals surface area contributed by atoms with E-state index in [1.54, 1.807) is 11.9 Å². The van der Waals surface area contributed by atoms with Crippen molar-refractivity contribution in [2.24, 2.45) is 5.92 Å². The van der Waals surface area contributed by atoms with Crippen LogP contribution in [-0.2, 0) is 0 Å². The van der Waals surface area contributed by atoms with Crippen molar-refractivity contribution in [1.82, 2.24) is 4.90 Å². The van der Waals surface area contributed by atoms with Gasteiger partial charge in [-0.2, -0.15) is 13.2 Å². The number of piperidine rings is 1. The third-order valence-corrected chi connectivity index (χ3v) is 1.93. The molecule has 0 aliphatic carbocycles. The second-order valence-corrected chi connectivity index (χ2v) is 2.94. The van der Waals surface area contributed by atoms with E-state index in [1.165, 1.54) is 0 Å². The van der Waals surface area contributed by atoms with Crippen molar-refractivity contribution in [3.05, 3.63) is 6.54 Å². The molecule has 65 valence electrons. The van der Waals surface area contributed by atoms with Gasteiger partial charge in [0, 0.05) is 13.1 Å². The van der Waals surface area contributed by atoms with Crippen molar-refractivity contribution in [2.45, 2.75) is 19.0 Å². The van der Waals surface area contributed by atoms with E-state index in [0.717, 1.165) is 0 Å². The summed E-state index contributed by atoms with van der Waals surface area (Å²) in [7, 11) is 1.68. The molecule has 0 aromatic rings. The molecule has 1 rings (SSSR count). The van der Waals surface area contributed by atoms with E-state index in [2.05, 4.69) is 0 Å². The van der Waals surface area contributed by atoms with E-state index in [-0.39, 0.29) is 13.0 Å². The Labute approximate surface area is 64.2 Å². The number of likely N-dealkylation sites (tertiary alicyclic amines) is 1. The minimum Gasteiger partial charge on any atom is -0.301 e. The number of nitrogens with zero attached hydrogens (tertiary/aromatic N) is 1. The molecule has 1 saturated heterocycles. The molecule has 1 radical (unpaired) electrons. The second kappa shape index (κ2) is 3.01. The summed E-state index contributed by atoms with van der Waals surface area (Å²) in [6.45, 7) is 1.92. The van der Waals surface area contributed by atoms with Gasteiger partial charge in [-0.25, -0.2) is 0 Å². The molecular formula is C7H11F3N. The van der Waals surface area contributed by atoms with Gasteiger partial charge >= 0.3 is 6.18 Å². The summed E-state index contributed by atoms with van der Waals surface area (Å²) in [6, 6.07) is 0. The quantitative estimate of drug-likeness (QED) is 0.532. The third-order valence-electron chi connectivity index (χ3n) is 1.93. The van der Waals surface area contributed by atoms with Crippen LogP contribution in [0.2, 0.25) is 0 Å². The maximum absolute atomic E-state index is 12.1. The highest BCUT2D eigenvalue weighted by Crippen LogP contribution is 2.33. The Bertz CT molecular complexity index is 132. The Morgan fingerprint density at radius 2 is 2.09 bits per heavy atom. The van der Waals surface area contributed by atoms with Crippen molar-refractivity contribution in [2.75, 3.05) is 13.6 Å². The molecule has 1 unspecified atom stereocenters. The van der Waals surface area contributed by atoms with E-state index >= 15 is 0 Å². The zero-order chi connectivity index (χ0) is 8.48. The summed E-state index contributed by atoms with van der Waals surface area (Å²) in [4.78, 5) is 1.61. The minimum atomic E-state index is -4.01. The Kier molecular flexibility index (Phi) is 2.42. The molecule has 0 spiro atoms. The average molecular weight is 166 g/mol. The van der Waals surface area contributed by atoms with Gasteiger partial charge in [-0.05, 0) is 19.9 Å². The summed E-state index contributed by atoms with van der Waals surface area (Å²) in [5.74, 6) is -1.13. The molecule has 0 N–H and O–H groups in total. The first-order valence-corrected chi connectivity index (χ1v) is 3.60. The molecule has 4 heteroatoms. The lowest BCUT2D eigenvalue weighted by atomic mass is 9.98. The van der Waals surface area contributed by atoms with Crippen molar-refractivity contribution >= 4 is 0 Å². The van der Waals surface area contributed by atoms with Crippen molar-refractivity contribution < 1.29 is 13.2 Å². The fourth-order valence-electron chi connectivity index (χ4n) is 1.28. The number of rotatable bonds is 0. The maximum atomic E-state index is 12.1. The molecule has 1 fully saturated rings. The molecule has 1 atom stereocenters. The third kappa shape index (κ3) is 2.36. The average Bonchev–Trinajstić information content (AvgIpc) is 1.86. The van der Waals surface area contributed by atoms with Crippen molar-refractivity contribution in [3.63, 3.8) is 0 Å². The molecule has 0 bridgehead atoms. The zero-order valence-corrected chi connectivity index (χ0v) is 6.36. The fraction of sp³-hybridized carbons (Fsp3) is 0.857. The Balaban J connectivity index is 2.46. The van der Waals surface area contributed by atoms with E-state index in [9.17, 15) is 13.2 Å². The Hall–Kier alpha value is -0.250. The second-order valence-electron chi connectivity index (χ2n) is 2.94. The zero-order valence-electron chi connectivity index (χ0n) is 6.36. The topological polar surface area (TPSA) is 3.24 Å². The molecule has 11 heavy (non-hydrogen) atoms. The molecule has 1 nitrogen and oxygen atoms in total. The molecule has 0 amide bonds. The Morgan fingerprint density at radius 1 is 1.45 bits per heavy atom. The lowest BCUT2D eigenvalue weighted by Gasteiger charge is -2.30. The van der Waals surface area contributed by atoms with Crippen LogP contribution in [0.25, 0.3) is 0 Å². The van der Waals surface area contributed by atoms with Crippen molar-refractivity contribution in [3.8, 4) is 0 Å².